The Labute approximate surface area is 116 Å². The van der Waals surface area contributed by atoms with Crippen LogP contribution >= 0.6 is 0 Å². The summed E-state index contributed by atoms with van der Waals surface area (Å²) in [4.78, 5) is 13.9. The first kappa shape index (κ1) is 16.4. The number of nitrogens with one attached hydrogen (secondary N) is 1. The SMILES string of the molecule is CCN(CC)CCNC1(C(=O)O)CCOC(C)(C)C1. The van der Waals surface area contributed by atoms with Crippen LogP contribution in [0.15, 0.2) is 0 Å². The quantitative estimate of drug-likeness (QED) is 0.732. The van der Waals surface area contributed by atoms with Gasteiger partial charge in [-0.25, -0.2) is 0 Å². The zero-order chi connectivity index (χ0) is 14.5. The molecule has 1 aliphatic heterocycles. The highest BCUT2D eigenvalue weighted by Gasteiger charge is 2.46. The zero-order valence-electron chi connectivity index (χ0n) is 12.7. The van der Waals surface area contributed by atoms with Crippen LogP contribution in [0.5, 0.6) is 0 Å². The molecule has 1 saturated heterocycles. The number of carbonyl (C=O) groups is 1. The average molecular weight is 272 g/mol. The van der Waals surface area contributed by atoms with E-state index in [4.69, 9.17) is 4.74 Å². The van der Waals surface area contributed by atoms with Crippen molar-refractivity contribution in [2.75, 3.05) is 32.8 Å². The van der Waals surface area contributed by atoms with Crippen LogP contribution in [-0.4, -0.2) is 59.9 Å². The van der Waals surface area contributed by atoms with Crippen molar-refractivity contribution < 1.29 is 14.6 Å². The third-order valence-electron chi connectivity index (χ3n) is 3.94. The van der Waals surface area contributed by atoms with Gasteiger partial charge in [0.05, 0.1) is 5.60 Å². The van der Waals surface area contributed by atoms with Gasteiger partial charge in [0.25, 0.3) is 0 Å². The fraction of sp³-hybridized carbons (Fsp3) is 0.929. The molecule has 1 unspecified atom stereocenters. The Balaban J connectivity index is 2.60. The monoisotopic (exact) mass is 272 g/mol. The second-order valence-corrected chi connectivity index (χ2v) is 5.88. The minimum Gasteiger partial charge on any atom is -0.480 e. The van der Waals surface area contributed by atoms with E-state index in [2.05, 4.69) is 24.1 Å². The maximum atomic E-state index is 11.6. The van der Waals surface area contributed by atoms with E-state index in [1.54, 1.807) is 0 Å². The van der Waals surface area contributed by atoms with E-state index in [0.29, 0.717) is 26.0 Å². The number of hydrogen-bond donors (Lipinski definition) is 2. The third-order valence-corrected chi connectivity index (χ3v) is 3.94. The number of carboxylic acids is 1. The topological polar surface area (TPSA) is 61.8 Å². The fourth-order valence-electron chi connectivity index (χ4n) is 2.77. The Bertz CT molecular complexity index is 303. The van der Waals surface area contributed by atoms with Crippen LogP contribution in [0.3, 0.4) is 0 Å². The van der Waals surface area contributed by atoms with Crippen molar-refractivity contribution in [2.24, 2.45) is 0 Å². The number of nitrogens with zero attached hydrogens (tertiary/aromatic N) is 1. The molecule has 2 N–H and O–H groups in total. The highest BCUT2D eigenvalue weighted by Crippen LogP contribution is 2.32. The highest BCUT2D eigenvalue weighted by molar-refractivity contribution is 5.79. The van der Waals surface area contributed by atoms with Crippen LogP contribution in [0.25, 0.3) is 0 Å². The van der Waals surface area contributed by atoms with Crippen LogP contribution in [0.2, 0.25) is 0 Å². The smallest absolute Gasteiger partial charge is 0.324 e. The largest absolute Gasteiger partial charge is 0.480 e. The molecular formula is C14H28N2O3. The van der Waals surface area contributed by atoms with Gasteiger partial charge in [0.2, 0.25) is 0 Å². The van der Waals surface area contributed by atoms with Crippen molar-refractivity contribution in [3.05, 3.63) is 0 Å². The molecule has 0 aromatic rings. The van der Waals surface area contributed by atoms with E-state index < -0.39 is 11.5 Å². The molecule has 0 aromatic heterocycles. The van der Waals surface area contributed by atoms with E-state index >= 15 is 0 Å². The van der Waals surface area contributed by atoms with Gasteiger partial charge < -0.3 is 20.1 Å². The van der Waals surface area contributed by atoms with Gasteiger partial charge in [-0.1, -0.05) is 13.8 Å². The van der Waals surface area contributed by atoms with Crippen molar-refractivity contribution in [3.8, 4) is 0 Å². The first-order valence-electron chi connectivity index (χ1n) is 7.20. The number of carboxylic acid groups (broad SMARTS) is 1. The lowest BCUT2D eigenvalue weighted by Gasteiger charge is -2.42. The lowest BCUT2D eigenvalue weighted by molar-refractivity contribution is -0.158. The molecule has 5 heteroatoms. The van der Waals surface area contributed by atoms with Gasteiger partial charge in [0, 0.05) is 26.1 Å². The molecule has 0 bridgehead atoms. The molecule has 1 atom stereocenters. The molecule has 0 aromatic carbocycles. The number of rotatable bonds is 7. The molecule has 1 fully saturated rings. The van der Waals surface area contributed by atoms with Crippen LogP contribution in [-0.2, 0) is 9.53 Å². The van der Waals surface area contributed by atoms with Crippen molar-refractivity contribution >= 4 is 5.97 Å². The molecule has 0 spiro atoms. The average Bonchev–Trinajstić information content (AvgIpc) is 2.33. The zero-order valence-corrected chi connectivity index (χ0v) is 12.7. The Morgan fingerprint density at radius 2 is 2.00 bits per heavy atom. The van der Waals surface area contributed by atoms with E-state index in [9.17, 15) is 9.90 Å². The standard InChI is InChI=1S/C14H28N2O3/c1-5-16(6-2)9-8-15-14(12(17)18)7-10-19-13(3,4)11-14/h15H,5-11H2,1-4H3,(H,17,18). The molecule has 19 heavy (non-hydrogen) atoms. The van der Waals surface area contributed by atoms with Gasteiger partial charge in [0.15, 0.2) is 0 Å². The summed E-state index contributed by atoms with van der Waals surface area (Å²) in [5.74, 6) is -0.761. The van der Waals surface area contributed by atoms with E-state index in [0.717, 1.165) is 19.6 Å². The van der Waals surface area contributed by atoms with E-state index in [1.165, 1.54) is 0 Å². The Morgan fingerprint density at radius 1 is 1.37 bits per heavy atom. The predicted octanol–water partition coefficient (Wildman–Crippen LogP) is 1.33. The first-order valence-corrected chi connectivity index (χ1v) is 7.20. The molecule has 1 heterocycles. The van der Waals surface area contributed by atoms with Gasteiger partial charge in [-0.3, -0.25) is 4.79 Å². The van der Waals surface area contributed by atoms with Crippen LogP contribution in [0.4, 0.5) is 0 Å². The van der Waals surface area contributed by atoms with Crippen LogP contribution < -0.4 is 5.32 Å². The lowest BCUT2D eigenvalue weighted by atomic mass is 9.81. The summed E-state index contributed by atoms with van der Waals surface area (Å²) in [6.07, 6.45) is 1.04. The highest BCUT2D eigenvalue weighted by atomic mass is 16.5. The molecule has 0 aliphatic carbocycles. The first-order chi connectivity index (χ1) is 8.85. The fourth-order valence-corrected chi connectivity index (χ4v) is 2.77. The molecule has 5 nitrogen and oxygen atoms in total. The molecule has 1 aliphatic rings. The van der Waals surface area contributed by atoms with Crippen molar-refractivity contribution in [2.45, 2.75) is 51.7 Å². The van der Waals surface area contributed by atoms with Gasteiger partial charge in [-0.15, -0.1) is 0 Å². The minimum atomic E-state index is -0.838. The summed E-state index contributed by atoms with van der Waals surface area (Å²) < 4.78 is 5.63. The van der Waals surface area contributed by atoms with E-state index in [1.807, 2.05) is 13.8 Å². The molecule has 112 valence electrons. The Kier molecular flexibility index (Phi) is 5.77. The number of likely N-dealkylation sites (N-methyl/N-ethyl adjacent to an activating group) is 1. The molecule has 0 saturated carbocycles. The van der Waals surface area contributed by atoms with Crippen molar-refractivity contribution in [1.29, 1.82) is 0 Å². The maximum absolute atomic E-state index is 11.6. The summed E-state index contributed by atoms with van der Waals surface area (Å²) in [6.45, 7) is 12.2. The lowest BCUT2D eigenvalue weighted by Crippen LogP contribution is -2.60. The van der Waals surface area contributed by atoms with Gasteiger partial charge in [0.1, 0.15) is 5.54 Å². The van der Waals surface area contributed by atoms with Gasteiger partial charge in [-0.05, 0) is 33.4 Å². The Morgan fingerprint density at radius 3 is 2.47 bits per heavy atom. The summed E-state index contributed by atoms with van der Waals surface area (Å²) in [7, 11) is 0. The third kappa shape index (κ3) is 4.44. The number of aliphatic carboxylic acids is 1. The summed E-state index contributed by atoms with van der Waals surface area (Å²) in [6, 6.07) is 0. The maximum Gasteiger partial charge on any atom is 0.324 e. The summed E-state index contributed by atoms with van der Waals surface area (Å²) >= 11 is 0. The van der Waals surface area contributed by atoms with Crippen molar-refractivity contribution in [3.63, 3.8) is 0 Å². The normalized spacial score (nSPS) is 26.6. The predicted molar refractivity (Wildman–Crippen MR) is 75.4 cm³/mol. The summed E-state index contributed by atoms with van der Waals surface area (Å²) in [5, 5.41) is 12.8. The van der Waals surface area contributed by atoms with Crippen molar-refractivity contribution in [1.82, 2.24) is 10.2 Å². The minimum absolute atomic E-state index is 0.376. The molecular weight excluding hydrogens is 244 g/mol. The number of hydrogen-bond acceptors (Lipinski definition) is 4. The molecule has 0 radical (unpaired) electrons. The Hall–Kier alpha value is -0.650. The molecule has 0 amide bonds. The van der Waals surface area contributed by atoms with Crippen LogP contribution in [0, 0.1) is 0 Å². The van der Waals surface area contributed by atoms with Gasteiger partial charge in [-0.2, -0.15) is 0 Å². The second-order valence-electron chi connectivity index (χ2n) is 5.88. The van der Waals surface area contributed by atoms with Crippen LogP contribution in [0.1, 0.15) is 40.5 Å². The summed E-state index contributed by atoms with van der Waals surface area (Å²) in [5.41, 5.74) is -1.21. The second kappa shape index (κ2) is 6.68. The van der Waals surface area contributed by atoms with Gasteiger partial charge >= 0.3 is 5.97 Å². The van der Waals surface area contributed by atoms with E-state index in [-0.39, 0.29) is 5.60 Å². The molecule has 1 rings (SSSR count). The number of ether oxygens (including phenoxy) is 1.